The molecule has 0 bridgehead atoms. The molecule has 0 saturated carbocycles. The van der Waals surface area contributed by atoms with E-state index in [-0.39, 0.29) is 11.7 Å². The average molecular weight is 511 g/mol. The number of rotatable bonds is 9. The van der Waals surface area contributed by atoms with Gasteiger partial charge >= 0.3 is 5.97 Å². The number of carbonyl (C=O) groups is 1. The number of aryl methyl sites for hydroxylation is 2. The molecule has 1 fully saturated rings. The van der Waals surface area contributed by atoms with Crippen molar-refractivity contribution in [1.82, 2.24) is 19.4 Å². The summed E-state index contributed by atoms with van der Waals surface area (Å²) in [4.78, 5) is 29.7. The average Bonchev–Trinajstić information content (AvgIpc) is 3.19. The molecule has 1 unspecified atom stereocenters. The number of fused-ring (bicyclic) bond motifs is 1. The van der Waals surface area contributed by atoms with E-state index >= 15 is 0 Å². The van der Waals surface area contributed by atoms with Crippen LogP contribution in [-0.2, 0) is 34.4 Å². The first kappa shape index (κ1) is 27.0. The van der Waals surface area contributed by atoms with Gasteiger partial charge in [0, 0.05) is 50.0 Å². The molecule has 0 amide bonds. The van der Waals surface area contributed by atoms with Gasteiger partial charge in [0.25, 0.3) is 5.56 Å². The summed E-state index contributed by atoms with van der Waals surface area (Å²) < 4.78 is 14.8. The number of nitrogens with zero attached hydrogens (tertiary/aromatic N) is 3. The summed E-state index contributed by atoms with van der Waals surface area (Å²) in [6, 6.07) is 7.12. The van der Waals surface area contributed by atoms with Crippen molar-refractivity contribution >= 4 is 17.0 Å². The Labute approximate surface area is 217 Å². The summed E-state index contributed by atoms with van der Waals surface area (Å²) in [6.45, 7) is 9.63. The van der Waals surface area contributed by atoms with Crippen LogP contribution in [0.4, 0.5) is 0 Å². The van der Waals surface area contributed by atoms with E-state index < -0.39 is 18.1 Å². The lowest BCUT2D eigenvalue weighted by atomic mass is 10.0. The maximum atomic E-state index is 12.4. The number of hydrogen-bond acceptors (Lipinski definition) is 7. The molecule has 0 radical (unpaired) electrons. The molecule has 200 valence electrons. The van der Waals surface area contributed by atoms with Gasteiger partial charge in [-0.2, -0.15) is 0 Å². The van der Waals surface area contributed by atoms with Crippen LogP contribution < -0.4 is 10.9 Å². The van der Waals surface area contributed by atoms with Crippen LogP contribution in [0.1, 0.15) is 44.7 Å². The first-order valence-corrected chi connectivity index (χ1v) is 13.0. The number of esters is 1. The van der Waals surface area contributed by atoms with Gasteiger partial charge in [0.1, 0.15) is 11.9 Å². The fourth-order valence-corrected chi connectivity index (χ4v) is 4.88. The molecule has 9 nitrogen and oxygen atoms in total. The molecule has 0 spiro atoms. The van der Waals surface area contributed by atoms with Crippen LogP contribution >= 0.6 is 0 Å². The quantitative estimate of drug-likeness (QED) is 0.426. The van der Waals surface area contributed by atoms with Crippen molar-refractivity contribution in [3.05, 3.63) is 51.9 Å². The lowest BCUT2D eigenvalue weighted by Gasteiger charge is -2.23. The smallest absolute Gasteiger partial charge is 0.326 e. The molecular weight excluding hydrogens is 472 g/mol. The Morgan fingerprint density at radius 2 is 2.08 bits per heavy atom. The number of nitrogens with one attached hydrogen (secondary N) is 1. The van der Waals surface area contributed by atoms with E-state index in [1.54, 1.807) is 32.4 Å². The summed E-state index contributed by atoms with van der Waals surface area (Å²) in [5.41, 5.74) is 4.30. The summed E-state index contributed by atoms with van der Waals surface area (Å²) in [5, 5.41) is 13.2. The van der Waals surface area contributed by atoms with Crippen molar-refractivity contribution in [3.8, 4) is 11.4 Å². The van der Waals surface area contributed by atoms with Crippen LogP contribution in [0.5, 0.6) is 0 Å². The molecule has 1 aromatic carbocycles. The van der Waals surface area contributed by atoms with Gasteiger partial charge in [0.2, 0.25) is 0 Å². The van der Waals surface area contributed by atoms with Gasteiger partial charge in [-0.05, 0) is 64.3 Å². The highest BCUT2D eigenvalue weighted by atomic mass is 16.5. The molecule has 3 atom stereocenters. The van der Waals surface area contributed by atoms with E-state index in [0.29, 0.717) is 18.0 Å². The number of pyridine rings is 1. The standard InChI is InChI=1S/C28H38N4O5/c1-17(2)37-28(35)25(19(4)33)29-13-20-8-9-24-23(12-20)30-26(22-11-18(3)27(34)31(5)15-22)32(24)14-21-7-6-10-36-16-21/h8-9,11-12,15,17,19,21,25,29,33H,6-7,10,13-14,16H2,1-5H3/t19?,21-,25+/m0/s1. The SMILES string of the molecule is Cc1cc(-c2nc3cc(CN[C@@H](C(=O)OC(C)C)C(C)O)ccc3n2C[C@@H]2CCCOC2)cn(C)c1=O. The second kappa shape index (κ2) is 11.6. The predicted molar refractivity (Wildman–Crippen MR) is 142 cm³/mol. The van der Waals surface area contributed by atoms with E-state index in [1.807, 2.05) is 37.4 Å². The third-order valence-corrected chi connectivity index (χ3v) is 6.74. The highest BCUT2D eigenvalue weighted by molar-refractivity contribution is 5.81. The Hall–Kier alpha value is -3.01. The molecule has 3 aromatic rings. The molecular formula is C28H38N4O5. The minimum atomic E-state index is -0.897. The highest BCUT2D eigenvalue weighted by Gasteiger charge is 2.26. The number of aliphatic hydroxyl groups is 1. The van der Waals surface area contributed by atoms with Crippen molar-refractivity contribution in [3.63, 3.8) is 0 Å². The molecule has 3 heterocycles. The minimum absolute atomic E-state index is 0.0240. The van der Waals surface area contributed by atoms with Crippen LogP contribution in [-0.4, -0.2) is 56.7 Å². The van der Waals surface area contributed by atoms with E-state index in [9.17, 15) is 14.7 Å². The number of ether oxygens (including phenoxy) is 2. The zero-order chi connectivity index (χ0) is 26.7. The van der Waals surface area contributed by atoms with E-state index in [4.69, 9.17) is 14.5 Å². The topological polar surface area (TPSA) is 108 Å². The fraction of sp³-hybridized carbons (Fsp3) is 0.536. The maximum absolute atomic E-state index is 12.4. The number of carbonyl (C=O) groups excluding carboxylic acids is 1. The largest absolute Gasteiger partial charge is 0.462 e. The number of imidazole rings is 1. The van der Waals surface area contributed by atoms with Gasteiger partial charge in [-0.3, -0.25) is 14.9 Å². The van der Waals surface area contributed by atoms with Crippen LogP contribution in [0.2, 0.25) is 0 Å². The predicted octanol–water partition coefficient (Wildman–Crippen LogP) is 2.93. The van der Waals surface area contributed by atoms with Crippen molar-refractivity contribution in [1.29, 1.82) is 0 Å². The molecule has 1 aliphatic rings. The van der Waals surface area contributed by atoms with Crippen LogP contribution in [0.25, 0.3) is 22.4 Å². The van der Waals surface area contributed by atoms with Gasteiger partial charge in [0.15, 0.2) is 0 Å². The van der Waals surface area contributed by atoms with Gasteiger partial charge in [-0.25, -0.2) is 4.98 Å². The number of aliphatic hydroxyl groups excluding tert-OH is 1. The molecule has 1 aliphatic heterocycles. The third kappa shape index (κ3) is 6.29. The Bertz CT molecular complexity index is 1280. The van der Waals surface area contributed by atoms with Gasteiger partial charge in [-0.1, -0.05) is 6.07 Å². The normalized spacial score (nSPS) is 17.8. The second-order valence-corrected chi connectivity index (χ2v) is 10.4. The van der Waals surface area contributed by atoms with Gasteiger partial charge in [0.05, 0.1) is 29.8 Å². The van der Waals surface area contributed by atoms with E-state index in [0.717, 1.165) is 60.6 Å². The van der Waals surface area contributed by atoms with E-state index in [1.165, 1.54) is 0 Å². The Kier molecular flexibility index (Phi) is 8.46. The molecule has 9 heteroatoms. The van der Waals surface area contributed by atoms with Gasteiger partial charge in [-0.15, -0.1) is 0 Å². The first-order valence-electron chi connectivity index (χ1n) is 13.0. The minimum Gasteiger partial charge on any atom is -0.462 e. The Balaban J connectivity index is 1.67. The zero-order valence-corrected chi connectivity index (χ0v) is 22.4. The molecule has 1 saturated heterocycles. The first-order chi connectivity index (χ1) is 17.6. The van der Waals surface area contributed by atoms with Crippen molar-refractivity contribution < 1.29 is 19.4 Å². The number of aromatic nitrogens is 3. The molecule has 2 aromatic heterocycles. The van der Waals surface area contributed by atoms with Crippen molar-refractivity contribution in [2.75, 3.05) is 13.2 Å². The monoisotopic (exact) mass is 510 g/mol. The van der Waals surface area contributed by atoms with E-state index in [2.05, 4.69) is 9.88 Å². The summed E-state index contributed by atoms with van der Waals surface area (Å²) in [7, 11) is 1.76. The second-order valence-electron chi connectivity index (χ2n) is 10.4. The Morgan fingerprint density at radius 1 is 1.30 bits per heavy atom. The number of hydrogen-bond donors (Lipinski definition) is 2. The van der Waals surface area contributed by atoms with Gasteiger partial charge < -0.3 is 23.7 Å². The maximum Gasteiger partial charge on any atom is 0.326 e. The molecule has 0 aliphatic carbocycles. The lowest BCUT2D eigenvalue weighted by Crippen LogP contribution is -2.46. The molecule has 37 heavy (non-hydrogen) atoms. The molecule has 2 N–H and O–H groups in total. The lowest BCUT2D eigenvalue weighted by molar-refractivity contribution is -0.152. The zero-order valence-electron chi connectivity index (χ0n) is 22.4. The fourth-order valence-electron chi connectivity index (χ4n) is 4.88. The summed E-state index contributed by atoms with van der Waals surface area (Å²) in [5.74, 6) is 0.725. The summed E-state index contributed by atoms with van der Waals surface area (Å²) >= 11 is 0. The van der Waals surface area contributed by atoms with Crippen LogP contribution in [0.3, 0.4) is 0 Å². The summed E-state index contributed by atoms with van der Waals surface area (Å²) in [6.07, 6.45) is 2.82. The van der Waals surface area contributed by atoms with Crippen molar-refractivity contribution in [2.24, 2.45) is 13.0 Å². The van der Waals surface area contributed by atoms with Crippen molar-refractivity contribution in [2.45, 2.75) is 71.9 Å². The molecule has 4 rings (SSSR count). The van der Waals surface area contributed by atoms with Crippen LogP contribution in [0.15, 0.2) is 35.3 Å². The third-order valence-electron chi connectivity index (χ3n) is 6.74. The number of benzene rings is 1. The van der Waals surface area contributed by atoms with Crippen LogP contribution in [0, 0.1) is 12.8 Å². The Morgan fingerprint density at radius 3 is 2.73 bits per heavy atom. The highest BCUT2D eigenvalue weighted by Crippen LogP contribution is 2.28.